The first-order valence-corrected chi connectivity index (χ1v) is 14.2. The third-order valence-electron chi connectivity index (χ3n) is 6.79. The van der Waals surface area contributed by atoms with E-state index in [1.165, 1.54) is 28.8 Å². The number of pyridine rings is 1. The summed E-state index contributed by atoms with van der Waals surface area (Å²) in [5, 5.41) is 7.63. The maximum atomic E-state index is 14.4. The van der Waals surface area contributed by atoms with Gasteiger partial charge in [-0.05, 0) is 48.4 Å². The zero-order valence-electron chi connectivity index (χ0n) is 23.0. The lowest BCUT2D eigenvalue weighted by Crippen LogP contribution is -2.42. The maximum absolute atomic E-state index is 14.4. The van der Waals surface area contributed by atoms with Gasteiger partial charge in [0.05, 0.1) is 34.6 Å². The highest BCUT2D eigenvalue weighted by Crippen LogP contribution is 2.48. The number of hydrogen-bond acceptors (Lipinski definition) is 5. The Labute approximate surface area is 237 Å². The number of thioether (sulfide) groups is 1. The van der Waals surface area contributed by atoms with E-state index in [-0.39, 0.29) is 41.7 Å². The minimum atomic E-state index is -0.398. The minimum absolute atomic E-state index is 0.126. The molecule has 2 amide bonds. The highest BCUT2D eigenvalue weighted by atomic mass is 32.2. The van der Waals surface area contributed by atoms with Gasteiger partial charge in [-0.3, -0.25) is 19.5 Å². The molecule has 5 rings (SSSR count). The van der Waals surface area contributed by atoms with Crippen LogP contribution in [0.15, 0.2) is 72.9 Å². The van der Waals surface area contributed by atoms with Crippen molar-refractivity contribution < 1.29 is 14.0 Å². The SMILES string of the molecule is Cc1ccccc1-n1nc(C(C)(C)C)c2c1N(CC(=O)NCc1ccccn1)C(=O)CS[C@H]2c1cccc(F)c1. The Morgan fingerprint density at radius 3 is 2.58 bits per heavy atom. The van der Waals surface area contributed by atoms with Crippen LogP contribution in [0.2, 0.25) is 0 Å². The van der Waals surface area contributed by atoms with Crippen LogP contribution in [-0.2, 0) is 21.5 Å². The lowest BCUT2D eigenvalue weighted by molar-refractivity contribution is -0.123. The Morgan fingerprint density at radius 2 is 1.88 bits per heavy atom. The summed E-state index contributed by atoms with van der Waals surface area (Å²) < 4.78 is 16.2. The second-order valence-corrected chi connectivity index (χ2v) is 12.0. The molecule has 0 radical (unpaired) electrons. The summed E-state index contributed by atoms with van der Waals surface area (Å²) in [6, 6.07) is 19.8. The molecule has 1 atom stereocenters. The van der Waals surface area contributed by atoms with Gasteiger partial charge >= 0.3 is 0 Å². The fraction of sp³-hybridized carbons (Fsp3) is 0.290. The number of carbonyl (C=O) groups is 2. The standard InChI is InChI=1S/C31H32FN5O2S/c1-20-10-5-6-14-24(20)37-30-27(29(35-37)31(2,3)4)28(21-11-9-12-22(32)16-21)40-19-26(39)36(30)18-25(38)34-17-23-13-7-8-15-33-23/h5-16,28H,17-19H2,1-4H3,(H,34,38)/t28-/m0/s1. The third kappa shape index (κ3) is 5.65. The average molecular weight is 558 g/mol. The van der Waals surface area contributed by atoms with Gasteiger partial charge in [0.1, 0.15) is 18.2 Å². The van der Waals surface area contributed by atoms with Crippen LogP contribution in [0.5, 0.6) is 0 Å². The van der Waals surface area contributed by atoms with E-state index in [0.29, 0.717) is 5.82 Å². The van der Waals surface area contributed by atoms with Gasteiger partial charge in [0.25, 0.3) is 0 Å². The molecule has 206 valence electrons. The van der Waals surface area contributed by atoms with Crippen LogP contribution in [0.4, 0.5) is 10.2 Å². The highest BCUT2D eigenvalue weighted by molar-refractivity contribution is 8.00. The van der Waals surface area contributed by atoms with Crippen molar-refractivity contribution in [3.05, 3.63) is 107 Å². The van der Waals surface area contributed by atoms with Crippen LogP contribution in [0, 0.1) is 12.7 Å². The van der Waals surface area contributed by atoms with Crippen molar-refractivity contribution in [2.24, 2.45) is 0 Å². The zero-order valence-corrected chi connectivity index (χ0v) is 23.8. The van der Waals surface area contributed by atoms with Gasteiger partial charge in [-0.15, -0.1) is 11.8 Å². The number of amides is 2. The number of fused-ring (bicyclic) bond motifs is 1. The van der Waals surface area contributed by atoms with Crippen LogP contribution in [0.1, 0.15) is 54.1 Å². The monoisotopic (exact) mass is 557 g/mol. The zero-order chi connectivity index (χ0) is 28.4. The summed E-state index contributed by atoms with van der Waals surface area (Å²) in [4.78, 5) is 32.8. The van der Waals surface area contributed by atoms with Crippen molar-refractivity contribution >= 4 is 29.4 Å². The third-order valence-corrected chi connectivity index (χ3v) is 8.04. The minimum Gasteiger partial charge on any atom is -0.349 e. The number of benzene rings is 2. The quantitative estimate of drug-likeness (QED) is 0.339. The Balaban J connectivity index is 1.67. The fourth-order valence-corrected chi connectivity index (χ4v) is 6.05. The van der Waals surface area contributed by atoms with Crippen LogP contribution in [-0.4, -0.2) is 38.9 Å². The molecular weight excluding hydrogens is 525 g/mol. The van der Waals surface area contributed by atoms with Crippen molar-refractivity contribution in [3.63, 3.8) is 0 Å². The van der Waals surface area contributed by atoms with E-state index < -0.39 is 5.41 Å². The molecule has 0 saturated heterocycles. The average Bonchev–Trinajstić information content (AvgIpc) is 3.26. The molecule has 7 nitrogen and oxygen atoms in total. The normalized spacial score (nSPS) is 15.5. The summed E-state index contributed by atoms with van der Waals surface area (Å²) in [6.07, 6.45) is 1.67. The molecule has 1 aliphatic heterocycles. The second-order valence-electron chi connectivity index (χ2n) is 10.9. The smallest absolute Gasteiger partial charge is 0.240 e. The number of aryl methyl sites for hydroxylation is 1. The fourth-order valence-electron chi connectivity index (χ4n) is 4.87. The van der Waals surface area contributed by atoms with Gasteiger partial charge in [0.15, 0.2) is 0 Å². The molecule has 2 aromatic carbocycles. The molecular formula is C31H32FN5O2S. The van der Waals surface area contributed by atoms with Crippen molar-refractivity contribution in [1.82, 2.24) is 20.1 Å². The summed E-state index contributed by atoms with van der Waals surface area (Å²) in [5.41, 5.74) is 4.46. The van der Waals surface area contributed by atoms with Gasteiger partial charge < -0.3 is 5.32 Å². The van der Waals surface area contributed by atoms with Crippen LogP contribution in [0.25, 0.3) is 5.69 Å². The predicted molar refractivity (Wildman–Crippen MR) is 156 cm³/mol. The molecule has 4 aromatic rings. The van der Waals surface area contributed by atoms with Gasteiger partial charge in [0.2, 0.25) is 11.8 Å². The maximum Gasteiger partial charge on any atom is 0.240 e. The van der Waals surface area contributed by atoms with Gasteiger partial charge in [-0.25, -0.2) is 9.07 Å². The Bertz CT molecular complexity index is 1550. The van der Waals surface area contributed by atoms with Crippen LogP contribution < -0.4 is 10.2 Å². The summed E-state index contributed by atoms with van der Waals surface area (Å²) in [6.45, 7) is 8.27. The number of halogens is 1. The van der Waals surface area contributed by atoms with E-state index in [1.54, 1.807) is 16.9 Å². The number of para-hydroxylation sites is 1. The molecule has 0 spiro atoms. The molecule has 0 fully saturated rings. The summed E-state index contributed by atoms with van der Waals surface area (Å²) in [7, 11) is 0. The molecule has 1 aliphatic rings. The Hall–Kier alpha value is -3.98. The number of anilines is 1. The van der Waals surface area contributed by atoms with Crippen molar-refractivity contribution in [2.45, 2.75) is 44.9 Å². The molecule has 40 heavy (non-hydrogen) atoms. The topological polar surface area (TPSA) is 80.1 Å². The van der Waals surface area contributed by atoms with Gasteiger partial charge in [0, 0.05) is 17.2 Å². The number of hydrogen-bond donors (Lipinski definition) is 1. The number of rotatable bonds is 6. The van der Waals surface area contributed by atoms with E-state index in [1.807, 2.05) is 55.5 Å². The predicted octanol–water partition coefficient (Wildman–Crippen LogP) is 5.50. The van der Waals surface area contributed by atoms with E-state index in [9.17, 15) is 14.0 Å². The Kier molecular flexibility index (Phi) is 7.76. The summed E-state index contributed by atoms with van der Waals surface area (Å²) >= 11 is 1.43. The number of nitrogens with zero attached hydrogens (tertiary/aromatic N) is 4. The summed E-state index contributed by atoms with van der Waals surface area (Å²) in [5.74, 6) is -0.204. The largest absolute Gasteiger partial charge is 0.349 e. The molecule has 3 heterocycles. The number of nitrogens with one attached hydrogen (secondary N) is 1. The molecule has 0 saturated carbocycles. The first-order valence-electron chi connectivity index (χ1n) is 13.2. The molecule has 0 bridgehead atoms. The molecule has 2 aromatic heterocycles. The first-order chi connectivity index (χ1) is 19.1. The molecule has 1 N–H and O–H groups in total. The lowest BCUT2D eigenvalue weighted by Gasteiger charge is -2.24. The first kappa shape index (κ1) is 27.6. The molecule has 0 aliphatic carbocycles. The second kappa shape index (κ2) is 11.3. The number of aromatic nitrogens is 3. The molecule has 0 unspecified atom stereocenters. The molecule has 9 heteroatoms. The van der Waals surface area contributed by atoms with E-state index in [2.05, 4.69) is 31.1 Å². The lowest BCUT2D eigenvalue weighted by atomic mass is 9.87. The van der Waals surface area contributed by atoms with E-state index >= 15 is 0 Å². The van der Waals surface area contributed by atoms with E-state index in [0.717, 1.165) is 33.8 Å². The van der Waals surface area contributed by atoms with E-state index in [4.69, 9.17) is 5.10 Å². The van der Waals surface area contributed by atoms with Crippen molar-refractivity contribution in [2.75, 3.05) is 17.2 Å². The van der Waals surface area contributed by atoms with Gasteiger partial charge in [-0.2, -0.15) is 5.10 Å². The van der Waals surface area contributed by atoms with Crippen LogP contribution in [0.3, 0.4) is 0 Å². The van der Waals surface area contributed by atoms with Gasteiger partial charge in [-0.1, -0.05) is 57.2 Å². The Morgan fingerprint density at radius 1 is 1.10 bits per heavy atom. The number of carbonyl (C=O) groups excluding carboxylic acids is 2. The highest BCUT2D eigenvalue weighted by Gasteiger charge is 2.40. The van der Waals surface area contributed by atoms with Crippen LogP contribution >= 0.6 is 11.8 Å². The van der Waals surface area contributed by atoms with Crippen molar-refractivity contribution in [3.8, 4) is 5.69 Å². The van der Waals surface area contributed by atoms with Crippen molar-refractivity contribution in [1.29, 1.82) is 0 Å².